The number of aromatic nitrogens is 5. The summed E-state index contributed by atoms with van der Waals surface area (Å²) in [6.45, 7) is 0.975. The summed E-state index contributed by atoms with van der Waals surface area (Å²) in [6, 6.07) is 18.7. The summed E-state index contributed by atoms with van der Waals surface area (Å²) in [5.41, 5.74) is 6.53. The molecule has 56 heavy (non-hydrogen) atoms. The van der Waals surface area contributed by atoms with Gasteiger partial charge in [-0.25, -0.2) is 9.78 Å². The zero-order valence-electron chi connectivity index (χ0n) is 30.4. The number of imide groups is 1. The van der Waals surface area contributed by atoms with Gasteiger partial charge in [0.1, 0.15) is 16.8 Å². The molecule has 2 aliphatic rings. The monoisotopic (exact) mass is 746 g/mol. The topological polar surface area (TPSA) is 177 Å². The van der Waals surface area contributed by atoms with Gasteiger partial charge in [-0.2, -0.15) is 0 Å². The first-order chi connectivity index (χ1) is 27.1. The predicted molar refractivity (Wildman–Crippen MR) is 209 cm³/mol. The van der Waals surface area contributed by atoms with Gasteiger partial charge in [0, 0.05) is 79.0 Å². The molecule has 2 saturated heterocycles. The van der Waals surface area contributed by atoms with Crippen LogP contribution < -0.4 is 21.2 Å². The molecule has 278 valence electrons. The quantitative estimate of drug-likeness (QED) is 0.168. The number of β-amino-alcohol motifs (C(OH)–C–C–N with tert-alkyl or cyclic N) is 1. The number of furan rings is 1. The number of piperidine rings is 1. The van der Waals surface area contributed by atoms with Gasteiger partial charge in [0.05, 0.1) is 41.7 Å². The second kappa shape index (κ2) is 13.6. The Morgan fingerprint density at radius 2 is 1.84 bits per heavy atom. The summed E-state index contributed by atoms with van der Waals surface area (Å²) in [6.07, 6.45) is 5.21. The molecule has 0 radical (unpaired) electrons. The van der Waals surface area contributed by atoms with Crippen LogP contribution in [0.1, 0.15) is 40.4 Å². The summed E-state index contributed by atoms with van der Waals surface area (Å²) < 4.78 is 8.85. The molecule has 1 atom stereocenters. The van der Waals surface area contributed by atoms with Gasteiger partial charge in [0.2, 0.25) is 11.8 Å². The summed E-state index contributed by atoms with van der Waals surface area (Å²) in [5.74, 6) is 5.21. The van der Waals surface area contributed by atoms with Crippen molar-refractivity contribution in [1.29, 1.82) is 0 Å². The Morgan fingerprint density at radius 1 is 0.982 bits per heavy atom. The van der Waals surface area contributed by atoms with Crippen LogP contribution in [0.5, 0.6) is 0 Å². The molecule has 9 rings (SSSR count). The molecule has 0 aliphatic carbocycles. The third-order valence-corrected chi connectivity index (χ3v) is 10.5. The lowest BCUT2D eigenvalue weighted by Gasteiger charge is -2.37. The molecule has 7 aromatic rings. The first-order valence-corrected chi connectivity index (χ1v) is 18.1. The Balaban J connectivity index is 0.902. The van der Waals surface area contributed by atoms with Crippen LogP contribution >= 0.6 is 0 Å². The van der Waals surface area contributed by atoms with Crippen molar-refractivity contribution >= 4 is 56.3 Å². The molecule has 2 fully saturated rings. The third-order valence-electron chi connectivity index (χ3n) is 10.5. The van der Waals surface area contributed by atoms with Crippen molar-refractivity contribution in [2.75, 3.05) is 24.5 Å². The number of hydrogen-bond donors (Lipinski definition) is 3. The van der Waals surface area contributed by atoms with E-state index in [1.54, 1.807) is 66.2 Å². The Bertz CT molecular complexity index is 2890. The first-order valence-electron chi connectivity index (χ1n) is 18.1. The minimum absolute atomic E-state index is 0.0874. The lowest BCUT2D eigenvalue weighted by molar-refractivity contribution is -0.134. The van der Waals surface area contributed by atoms with Crippen LogP contribution in [-0.2, 0) is 23.7 Å². The van der Waals surface area contributed by atoms with Crippen molar-refractivity contribution in [2.45, 2.75) is 24.9 Å². The Hall–Kier alpha value is -7.11. The SMILES string of the molecule is Cn1c(=O)n(C)c2c(N3CC(O)C3)nc(-c3cccc4cc(-c5ccc(C(=O)NCC#Cc6ccc7occ(C8CCC(=O)NC8=O)c7c6)nc5)ncc34)cc21. The predicted octanol–water partition coefficient (Wildman–Crippen LogP) is 3.78. The number of rotatable bonds is 6. The zero-order chi connectivity index (χ0) is 38.7. The fraction of sp³-hybridized carbons (Fsp3) is 0.214. The zero-order valence-corrected chi connectivity index (χ0v) is 30.4. The van der Waals surface area contributed by atoms with Crippen molar-refractivity contribution in [3.05, 3.63) is 107 Å². The second-order valence-electron chi connectivity index (χ2n) is 14.1. The summed E-state index contributed by atoms with van der Waals surface area (Å²) in [5, 5.41) is 17.8. The number of fused-ring (bicyclic) bond motifs is 3. The number of hydrogen-bond acceptors (Lipinski definition) is 10. The van der Waals surface area contributed by atoms with Crippen molar-refractivity contribution in [3.63, 3.8) is 0 Å². The van der Waals surface area contributed by atoms with Gasteiger partial charge in [-0.05, 0) is 54.3 Å². The molecule has 5 aromatic heterocycles. The minimum atomic E-state index is -0.473. The first kappa shape index (κ1) is 34.6. The highest BCUT2D eigenvalue weighted by molar-refractivity contribution is 6.03. The van der Waals surface area contributed by atoms with Gasteiger partial charge in [0.15, 0.2) is 5.82 Å². The maximum Gasteiger partial charge on any atom is 0.328 e. The van der Waals surface area contributed by atoms with E-state index < -0.39 is 12.0 Å². The van der Waals surface area contributed by atoms with Crippen LogP contribution in [0, 0.1) is 11.8 Å². The number of amides is 3. The summed E-state index contributed by atoms with van der Waals surface area (Å²) >= 11 is 0. The number of aliphatic hydroxyl groups excluding tert-OH is 1. The molecule has 0 spiro atoms. The van der Waals surface area contributed by atoms with E-state index in [1.165, 1.54) is 0 Å². The molecule has 1 unspecified atom stereocenters. The number of imidazole rings is 1. The van der Waals surface area contributed by atoms with Crippen molar-refractivity contribution in [2.24, 2.45) is 14.1 Å². The maximum atomic E-state index is 12.9. The fourth-order valence-corrected chi connectivity index (χ4v) is 7.48. The number of nitrogens with zero attached hydrogens (tertiary/aromatic N) is 6. The Kier molecular flexibility index (Phi) is 8.43. The standard InChI is InChI=1S/C42H34N8O6/c1-48-35-17-34(46-39(50-20-26(51)21-50)38(35)49(2)42(48)55)27-7-3-6-24-16-33(45-19-30(24)27)25-9-11-32(44-18-25)41(54)43-14-4-5-23-8-12-36-29(15-23)31(22-56-36)28-10-13-37(52)47-40(28)53/h3,6-9,11-12,15-19,22,26,28,51H,10,13-14,20-21H2,1-2H3,(H,43,54)(H,47,52,53). The molecular weight excluding hydrogens is 713 g/mol. The van der Waals surface area contributed by atoms with Crippen LogP contribution in [0.3, 0.4) is 0 Å². The average molecular weight is 747 g/mol. The molecule has 14 nitrogen and oxygen atoms in total. The van der Waals surface area contributed by atoms with Crippen LogP contribution in [-0.4, -0.2) is 72.7 Å². The van der Waals surface area contributed by atoms with Crippen molar-refractivity contribution in [3.8, 4) is 34.4 Å². The van der Waals surface area contributed by atoms with E-state index in [-0.39, 0.29) is 42.1 Å². The number of nitrogens with one attached hydrogen (secondary N) is 2. The van der Waals surface area contributed by atoms with Gasteiger partial charge < -0.3 is 19.7 Å². The number of carbonyl (C=O) groups excluding carboxylic acids is 3. The molecule has 3 amide bonds. The molecule has 0 saturated carbocycles. The third kappa shape index (κ3) is 6.04. The highest BCUT2D eigenvalue weighted by Crippen LogP contribution is 2.36. The number of aliphatic hydroxyl groups is 1. The molecule has 0 bridgehead atoms. The van der Waals surface area contributed by atoms with E-state index in [4.69, 9.17) is 14.4 Å². The van der Waals surface area contributed by atoms with Crippen LogP contribution in [0.2, 0.25) is 0 Å². The van der Waals surface area contributed by atoms with E-state index in [2.05, 4.69) is 27.5 Å². The van der Waals surface area contributed by atoms with Crippen molar-refractivity contribution < 1.29 is 23.9 Å². The van der Waals surface area contributed by atoms with E-state index in [1.807, 2.05) is 41.3 Å². The second-order valence-corrected chi connectivity index (χ2v) is 14.1. The Labute approximate surface area is 318 Å². The van der Waals surface area contributed by atoms with Crippen molar-refractivity contribution in [1.82, 2.24) is 34.7 Å². The molecule has 3 N–H and O–H groups in total. The number of benzene rings is 2. The molecule has 2 aliphatic heterocycles. The number of anilines is 1. The van der Waals surface area contributed by atoms with E-state index in [0.29, 0.717) is 53.4 Å². The number of pyridine rings is 3. The van der Waals surface area contributed by atoms with Gasteiger partial charge >= 0.3 is 5.69 Å². The summed E-state index contributed by atoms with van der Waals surface area (Å²) in [7, 11) is 3.47. The molecule has 14 heteroatoms. The lowest BCUT2D eigenvalue weighted by atomic mass is 9.90. The number of carbonyl (C=O) groups is 3. The van der Waals surface area contributed by atoms with Gasteiger partial charge in [-0.3, -0.25) is 38.8 Å². The highest BCUT2D eigenvalue weighted by Gasteiger charge is 2.31. The van der Waals surface area contributed by atoms with Crippen LogP contribution in [0.4, 0.5) is 5.82 Å². The van der Waals surface area contributed by atoms with Gasteiger partial charge in [-0.15, -0.1) is 0 Å². The highest BCUT2D eigenvalue weighted by atomic mass is 16.3. The largest absolute Gasteiger partial charge is 0.464 e. The van der Waals surface area contributed by atoms with Crippen LogP contribution in [0.25, 0.3) is 55.3 Å². The van der Waals surface area contributed by atoms with E-state index in [0.717, 1.165) is 38.3 Å². The number of aryl methyl sites for hydroxylation is 2. The summed E-state index contributed by atoms with van der Waals surface area (Å²) in [4.78, 5) is 66.0. The van der Waals surface area contributed by atoms with E-state index >= 15 is 0 Å². The lowest BCUT2D eigenvalue weighted by Crippen LogP contribution is -2.51. The normalized spacial score (nSPS) is 15.8. The van der Waals surface area contributed by atoms with Gasteiger partial charge in [-0.1, -0.05) is 30.0 Å². The van der Waals surface area contributed by atoms with Gasteiger partial charge in [0.25, 0.3) is 5.91 Å². The Morgan fingerprint density at radius 3 is 2.62 bits per heavy atom. The molecule has 7 heterocycles. The fourth-order valence-electron chi connectivity index (χ4n) is 7.48. The van der Waals surface area contributed by atoms with E-state index in [9.17, 15) is 24.3 Å². The smallest absolute Gasteiger partial charge is 0.328 e. The molecular formula is C42H34N8O6. The minimum Gasteiger partial charge on any atom is -0.464 e. The van der Waals surface area contributed by atoms with Crippen LogP contribution in [0.15, 0.2) is 88.5 Å². The molecule has 2 aromatic carbocycles. The maximum absolute atomic E-state index is 12.9. The average Bonchev–Trinajstić information content (AvgIpc) is 3.71.